The summed E-state index contributed by atoms with van der Waals surface area (Å²) in [4.78, 5) is 0. The topological polar surface area (TPSA) is 32.3 Å². The maximum Gasteiger partial charge on any atom is 0.123 e. The Morgan fingerprint density at radius 2 is 2.19 bits per heavy atom. The predicted molar refractivity (Wildman–Crippen MR) is 63.6 cm³/mol. The highest BCUT2D eigenvalue weighted by Gasteiger charge is 2.20. The molecule has 0 aromatic heterocycles. The molecule has 0 fully saturated rings. The molecule has 0 saturated heterocycles. The summed E-state index contributed by atoms with van der Waals surface area (Å²) in [6.07, 6.45) is 1.64. The molecule has 3 heteroatoms. The van der Waals surface area contributed by atoms with E-state index in [1.807, 2.05) is 6.07 Å². The molecule has 1 aromatic rings. The van der Waals surface area contributed by atoms with Crippen LogP contribution in [0.25, 0.3) is 0 Å². The first-order valence-corrected chi connectivity index (χ1v) is 5.70. The normalized spacial score (nSPS) is 14.8. The van der Waals surface area contributed by atoms with Gasteiger partial charge in [-0.05, 0) is 37.5 Å². The van der Waals surface area contributed by atoms with Crippen LogP contribution in [-0.2, 0) is 6.54 Å². The summed E-state index contributed by atoms with van der Waals surface area (Å²) >= 11 is 0. The van der Waals surface area contributed by atoms with Crippen LogP contribution in [0.4, 0.5) is 4.39 Å². The lowest BCUT2D eigenvalue weighted by molar-refractivity contribution is 0.214. The maximum absolute atomic E-state index is 12.9. The number of aliphatic hydroxyl groups is 1. The number of hydrogen-bond donors (Lipinski definition) is 2. The fourth-order valence-electron chi connectivity index (χ4n) is 1.60. The molecule has 2 nitrogen and oxygen atoms in total. The van der Waals surface area contributed by atoms with Crippen LogP contribution >= 0.6 is 0 Å². The number of rotatable bonds is 6. The second-order valence-corrected chi connectivity index (χ2v) is 4.37. The Bertz CT molecular complexity index is 329. The van der Waals surface area contributed by atoms with Crippen molar-refractivity contribution < 1.29 is 9.50 Å². The van der Waals surface area contributed by atoms with Gasteiger partial charge in [0.1, 0.15) is 5.82 Å². The average Bonchev–Trinajstić information content (AvgIpc) is 2.27. The zero-order valence-electron chi connectivity index (χ0n) is 9.96. The Kier molecular flexibility index (Phi) is 4.90. The van der Waals surface area contributed by atoms with Crippen molar-refractivity contribution in [3.05, 3.63) is 35.6 Å². The summed E-state index contributed by atoms with van der Waals surface area (Å²) in [6.45, 7) is 4.94. The van der Waals surface area contributed by atoms with Crippen LogP contribution in [0.5, 0.6) is 0 Å². The molecule has 1 unspecified atom stereocenters. The first-order valence-electron chi connectivity index (χ1n) is 5.70. The van der Waals surface area contributed by atoms with Crippen molar-refractivity contribution in [3.8, 4) is 0 Å². The molecule has 2 N–H and O–H groups in total. The van der Waals surface area contributed by atoms with E-state index in [0.29, 0.717) is 13.0 Å². The molecule has 0 heterocycles. The van der Waals surface area contributed by atoms with Crippen LogP contribution in [0.2, 0.25) is 0 Å². The monoisotopic (exact) mass is 225 g/mol. The Labute approximate surface area is 96.5 Å². The summed E-state index contributed by atoms with van der Waals surface area (Å²) < 4.78 is 12.9. The van der Waals surface area contributed by atoms with Crippen molar-refractivity contribution >= 4 is 0 Å². The van der Waals surface area contributed by atoms with Crippen LogP contribution in [0.15, 0.2) is 24.3 Å². The molecule has 0 aliphatic carbocycles. The molecular weight excluding hydrogens is 205 g/mol. The van der Waals surface area contributed by atoms with E-state index >= 15 is 0 Å². The number of halogens is 1. The average molecular weight is 225 g/mol. The highest BCUT2D eigenvalue weighted by atomic mass is 19.1. The van der Waals surface area contributed by atoms with Crippen molar-refractivity contribution in [3.63, 3.8) is 0 Å². The van der Waals surface area contributed by atoms with E-state index in [0.717, 1.165) is 12.0 Å². The maximum atomic E-state index is 12.9. The lowest BCUT2D eigenvalue weighted by Crippen LogP contribution is -2.42. The summed E-state index contributed by atoms with van der Waals surface area (Å²) in [7, 11) is 0. The van der Waals surface area contributed by atoms with E-state index in [1.165, 1.54) is 12.1 Å². The molecule has 1 atom stereocenters. The molecule has 0 radical (unpaired) electrons. The summed E-state index contributed by atoms with van der Waals surface area (Å²) in [5.41, 5.74) is 0.846. The summed E-state index contributed by atoms with van der Waals surface area (Å²) in [6, 6.07) is 6.57. The van der Waals surface area contributed by atoms with Gasteiger partial charge in [-0.1, -0.05) is 19.1 Å². The molecule has 16 heavy (non-hydrogen) atoms. The Hall–Kier alpha value is -0.930. The van der Waals surface area contributed by atoms with E-state index in [2.05, 4.69) is 19.2 Å². The molecule has 0 aliphatic rings. The van der Waals surface area contributed by atoms with Crippen LogP contribution in [0.3, 0.4) is 0 Å². The van der Waals surface area contributed by atoms with Gasteiger partial charge in [-0.2, -0.15) is 0 Å². The largest absolute Gasteiger partial charge is 0.396 e. The minimum Gasteiger partial charge on any atom is -0.396 e. The molecule has 90 valence electrons. The Balaban J connectivity index is 2.55. The van der Waals surface area contributed by atoms with Gasteiger partial charge < -0.3 is 10.4 Å². The first kappa shape index (κ1) is 13.1. The molecule has 0 saturated carbocycles. The SMILES string of the molecule is CCC(C)(CCO)NCc1cccc(F)c1. The molecule has 0 spiro atoms. The fraction of sp³-hybridized carbons (Fsp3) is 0.538. The molecule has 0 aliphatic heterocycles. The van der Waals surface area contributed by atoms with Crippen molar-refractivity contribution in [2.75, 3.05) is 6.61 Å². The smallest absolute Gasteiger partial charge is 0.123 e. The first-order chi connectivity index (χ1) is 7.59. The molecule has 1 aromatic carbocycles. The lowest BCUT2D eigenvalue weighted by atomic mass is 9.94. The predicted octanol–water partition coefficient (Wildman–Crippen LogP) is 2.47. The zero-order chi connectivity index (χ0) is 12.0. The Morgan fingerprint density at radius 1 is 1.44 bits per heavy atom. The quantitative estimate of drug-likeness (QED) is 0.779. The third-order valence-electron chi connectivity index (χ3n) is 3.05. The van der Waals surface area contributed by atoms with E-state index in [-0.39, 0.29) is 18.0 Å². The Morgan fingerprint density at radius 3 is 2.75 bits per heavy atom. The number of benzene rings is 1. The van der Waals surface area contributed by atoms with Gasteiger partial charge >= 0.3 is 0 Å². The third-order valence-corrected chi connectivity index (χ3v) is 3.05. The summed E-state index contributed by atoms with van der Waals surface area (Å²) in [5, 5.41) is 12.3. The van der Waals surface area contributed by atoms with E-state index in [1.54, 1.807) is 6.07 Å². The number of nitrogens with one attached hydrogen (secondary N) is 1. The second kappa shape index (κ2) is 5.97. The third kappa shape index (κ3) is 3.91. The van der Waals surface area contributed by atoms with E-state index in [9.17, 15) is 4.39 Å². The van der Waals surface area contributed by atoms with Crippen molar-refractivity contribution in [2.24, 2.45) is 0 Å². The van der Waals surface area contributed by atoms with Gasteiger partial charge in [0.05, 0.1) is 0 Å². The van der Waals surface area contributed by atoms with Gasteiger partial charge in [-0.25, -0.2) is 4.39 Å². The van der Waals surface area contributed by atoms with Gasteiger partial charge in [0.15, 0.2) is 0 Å². The van der Waals surface area contributed by atoms with Gasteiger partial charge in [0, 0.05) is 18.7 Å². The molecule has 0 bridgehead atoms. The van der Waals surface area contributed by atoms with Gasteiger partial charge in [0.25, 0.3) is 0 Å². The second-order valence-electron chi connectivity index (χ2n) is 4.37. The standard InChI is InChI=1S/C13H20FNO/c1-3-13(2,7-8-16)15-10-11-5-4-6-12(14)9-11/h4-6,9,15-16H,3,7-8,10H2,1-2H3. The number of aliphatic hydroxyl groups excluding tert-OH is 1. The molecular formula is C13H20FNO. The van der Waals surface area contributed by atoms with E-state index in [4.69, 9.17) is 5.11 Å². The highest BCUT2D eigenvalue weighted by molar-refractivity contribution is 5.16. The number of hydrogen-bond acceptors (Lipinski definition) is 2. The molecule has 1 rings (SSSR count). The van der Waals surface area contributed by atoms with Crippen LogP contribution in [-0.4, -0.2) is 17.3 Å². The van der Waals surface area contributed by atoms with E-state index < -0.39 is 0 Å². The zero-order valence-corrected chi connectivity index (χ0v) is 9.96. The minimum atomic E-state index is -0.209. The summed E-state index contributed by atoms with van der Waals surface area (Å²) in [5.74, 6) is -0.209. The van der Waals surface area contributed by atoms with Crippen molar-refractivity contribution in [1.82, 2.24) is 5.32 Å². The van der Waals surface area contributed by atoms with Crippen LogP contribution < -0.4 is 5.32 Å². The fourth-order valence-corrected chi connectivity index (χ4v) is 1.60. The van der Waals surface area contributed by atoms with Gasteiger partial charge in [-0.3, -0.25) is 0 Å². The van der Waals surface area contributed by atoms with Crippen LogP contribution in [0.1, 0.15) is 32.3 Å². The molecule has 0 amide bonds. The van der Waals surface area contributed by atoms with Crippen molar-refractivity contribution in [2.45, 2.75) is 38.8 Å². The van der Waals surface area contributed by atoms with Crippen LogP contribution in [0, 0.1) is 5.82 Å². The van der Waals surface area contributed by atoms with Gasteiger partial charge in [0.2, 0.25) is 0 Å². The lowest BCUT2D eigenvalue weighted by Gasteiger charge is -2.29. The highest BCUT2D eigenvalue weighted by Crippen LogP contribution is 2.15. The van der Waals surface area contributed by atoms with Crippen molar-refractivity contribution in [1.29, 1.82) is 0 Å². The minimum absolute atomic E-state index is 0.0823. The van der Waals surface area contributed by atoms with Gasteiger partial charge in [-0.15, -0.1) is 0 Å².